The summed E-state index contributed by atoms with van der Waals surface area (Å²) in [5, 5.41) is 5.05. The Kier molecular flexibility index (Phi) is 1.68. The highest BCUT2D eigenvalue weighted by Crippen LogP contribution is 2.32. The summed E-state index contributed by atoms with van der Waals surface area (Å²) in [7, 11) is 0. The summed E-state index contributed by atoms with van der Waals surface area (Å²) in [6.45, 7) is 0.873. The van der Waals surface area contributed by atoms with E-state index in [1.807, 2.05) is 12.4 Å². The molecule has 3 aromatic rings. The number of pyridine rings is 1. The molecule has 1 aliphatic rings. The van der Waals surface area contributed by atoms with Crippen molar-refractivity contribution in [3.05, 3.63) is 48.3 Å². The fourth-order valence-electron chi connectivity index (χ4n) is 2.57. The molecule has 0 amide bonds. The molecule has 17 heavy (non-hydrogen) atoms. The summed E-state index contributed by atoms with van der Waals surface area (Å²) in [6, 6.07) is 10.7. The molecule has 2 N–H and O–H groups in total. The van der Waals surface area contributed by atoms with Gasteiger partial charge in [-0.15, -0.1) is 0 Å². The standard InChI is InChI=1S/C14H11N3/c1-2-11-10(12-7-15-6-5-9(1)12)3-4-14-13(11)8-16-17-14/h1-7,16-17H,8H2. The van der Waals surface area contributed by atoms with Crippen LogP contribution in [0.4, 0.5) is 5.69 Å². The lowest BCUT2D eigenvalue weighted by Crippen LogP contribution is -2.10. The van der Waals surface area contributed by atoms with Crippen molar-refractivity contribution < 1.29 is 0 Å². The van der Waals surface area contributed by atoms with Crippen molar-refractivity contribution in [1.82, 2.24) is 10.4 Å². The second kappa shape index (κ2) is 3.18. The predicted molar refractivity (Wildman–Crippen MR) is 69.7 cm³/mol. The van der Waals surface area contributed by atoms with E-state index in [-0.39, 0.29) is 0 Å². The lowest BCUT2D eigenvalue weighted by molar-refractivity contribution is 0.864. The van der Waals surface area contributed by atoms with Gasteiger partial charge in [0.25, 0.3) is 0 Å². The average Bonchev–Trinajstić information content (AvgIpc) is 2.86. The highest BCUT2D eigenvalue weighted by atomic mass is 15.4. The summed E-state index contributed by atoms with van der Waals surface area (Å²) in [6.07, 6.45) is 3.78. The van der Waals surface area contributed by atoms with E-state index in [2.05, 4.69) is 46.2 Å². The smallest absolute Gasteiger partial charge is 0.0539 e. The van der Waals surface area contributed by atoms with E-state index in [4.69, 9.17) is 0 Å². The SMILES string of the molecule is c1cc2ccc3c4c(ccc3c2cn1)NNC4. The van der Waals surface area contributed by atoms with Crippen LogP contribution in [0.15, 0.2) is 42.7 Å². The Morgan fingerprint density at radius 1 is 0.941 bits per heavy atom. The van der Waals surface area contributed by atoms with E-state index in [0.29, 0.717) is 0 Å². The van der Waals surface area contributed by atoms with Gasteiger partial charge in [0, 0.05) is 29.9 Å². The lowest BCUT2D eigenvalue weighted by Gasteiger charge is -2.07. The van der Waals surface area contributed by atoms with Crippen LogP contribution in [0.3, 0.4) is 0 Å². The molecule has 82 valence electrons. The van der Waals surface area contributed by atoms with E-state index in [0.717, 1.165) is 6.54 Å². The minimum Gasteiger partial charge on any atom is -0.321 e. The van der Waals surface area contributed by atoms with Crippen LogP contribution in [0.1, 0.15) is 5.56 Å². The van der Waals surface area contributed by atoms with E-state index >= 15 is 0 Å². The van der Waals surface area contributed by atoms with Crippen molar-refractivity contribution in [2.24, 2.45) is 0 Å². The van der Waals surface area contributed by atoms with Gasteiger partial charge in [-0.2, -0.15) is 0 Å². The second-order valence-corrected chi connectivity index (χ2v) is 4.33. The number of rotatable bonds is 0. The molecule has 2 aromatic carbocycles. The minimum absolute atomic E-state index is 0.873. The zero-order chi connectivity index (χ0) is 11.2. The molecule has 0 spiro atoms. The van der Waals surface area contributed by atoms with E-state index in [1.165, 1.54) is 32.8 Å². The molecule has 0 fully saturated rings. The molecule has 3 nitrogen and oxygen atoms in total. The molecule has 1 aromatic heterocycles. The molecule has 0 radical (unpaired) electrons. The normalized spacial score (nSPS) is 13.9. The Hall–Kier alpha value is -2.13. The van der Waals surface area contributed by atoms with Gasteiger partial charge in [0.05, 0.1) is 5.69 Å². The van der Waals surface area contributed by atoms with Crippen LogP contribution < -0.4 is 10.9 Å². The van der Waals surface area contributed by atoms with E-state index < -0.39 is 0 Å². The van der Waals surface area contributed by atoms with Gasteiger partial charge < -0.3 is 5.43 Å². The first-order valence-electron chi connectivity index (χ1n) is 5.71. The molecule has 3 heteroatoms. The van der Waals surface area contributed by atoms with Gasteiger partial charge in [-0.25, -0.2) is 5.43 Å². The summed E-state index contributed by atoms with van der Waals surface area (Å²) >= 11 is 0. The summed E-state index contributed by atoms with van der Waals surface area (Å²) < 4.78 is 0. The molecule has 2 heterocycles. The van der Waals surface area contributed by atoms with Gasteiger partial charge >= 0.3 is 0 Å². The van der Waals surface area contributed by atoms with Gasteiger partial charge in [-0.1, -0.05) is 18.2 Å². The van der Waals surface area contributed by atoms with Gasteiger partial charge in [0.1, 0.15) is 0 Å². The minimum atomic E-state index is 0.873. The molecule has 0 bridgehead atoms. The lowest BCUT2D eigenvalue weighted by atomic mass is 9.99. The van der Waals surface area contributed by atoms with Crippen LogP contribution in [0.2, 0.25) is 0 Å². The Labute approximate surface area is 98.4 Å². The quantitative estimate of drug-likeness (QED) is 0.573. The van der Waals surface area contributed by atoms with Crippen LogP contribution in [-0.4, -0.2) is 4.98 Å². The fourth-order valence-corrected chi connectivity index (χ4v) is 2.57. The van der Waals surface area contributed by atoms with Crippen LogP contribution in [0.25, 0.3) is 21.5 Å². The van der Waals surface area contributed by atoms with Crippen LogP contribution in [-0.2, 0) is 6.54 Å². The van der Waals surface area contributed by atoms with Crippen molar-refractivity contribution >= 4 is 27.2 Å². The van der Waals surface area contributed by atoms with E-state index in [1.54, 1.807) is 0 Å². The highest BCUT2D eigenvalue weighted by molar-refractivity contribution is 6.09. The predicted octanol–water partition coefficient (Wildman–Crippen LogP) is 2.82. The van der Waals surface area contributed by atoms with Gasteiger partial charge in [0.2, 0.25) is 0 Å². The maximum atomic E-state index is 4.23. The Morgan fingerprint density at radius 3 is 2.88 bits per heavy atom. The molecular formula is C14H11N3. The third kappa shape index (κ3) is 1.17. The summed E-state index contributed by atoms with van der Waals surface area (Å²) in [5.74, 6) is 0. The molecule has 0 atom stereocenters. The topological polar surface area (TPSA) is 37.0 Å². The average molecular weight is 221 g/mol. The van der Waals surface area contributed by atoms with Crippen molar-refractivity contribution in [2.45, 2.75) is 6.54 Å². The zero-order valence-corrected chi connectivity index (χ0v) is 9.20. The number of hydrazine groups is 1. The number of anilines is 1. The molecule has 1 aliphatic heterocycles. The molecule has 4 rings (SSSR count). The van der Waals surface area contributed by atoms with Crippen molar-refractivity contribution in [1.29, 1.82) is 0 Å². The molecule has 0 saturated heterocycles. The number of benzene rings is 2. The molecular weight excluding hydrogens is 210 g/mol. The number of aromatic nitrogens is 1. The highest BCUT2D eigenvalue weighted by Gasteiger charge is 2.13. The maximum absolute atomic E-state index is 4.23. The fraction of sp³-hybridized carbons (Fsp3) is 0.0714. The third-order valence-corrected chi connectivity index (χ3v) is 3.42. The monoisotopic (exact) mass is 221 g/mol. The van der Waals surface area contributed by atoms with Crippen molar-refractivity contribution in [3.8, 4) is 0 Å². The third-order valence-electron chi connectivity index (χ3n) is 3.42. The first-order valence-corrected chi connectivity index (χ1v) is 5.71. The Bertz CT molecular complexity index is 734. The zero-order valence-electron chi connectivity index (χ0n) is 9.20. The molecule has 0 aliphatic carbocycles. The number of nitrogens with zero attached hydrogens (tertiary/aromatic N) is 1. The maximum Gasteiger partial charge on any atom is 0.0539 e. The Morgan fingerprint density at radius 2 is 1.88 bits per heavy atom. The molecule has 0 saturated carbocycles. The summed E-state index contributed by atoms with van der Waals surface area (Å²) in [4.78, 5) is 4.23. The Balaban J connectivity index is 2.22. The van der Waals surface area contributed by atoms with Crippen LogP contribution >= 0.6 is 0 Å². The van der Waals surface area contributed by atoms with Crippen LogP contribution in [0.5, 0.6) is 0 Å². The van der Waals surface area contributed by atoms with Gasteiger partial charge in [-0.3, -0.25) is 4.98 Å². The number of nitrogens with one attached hydrogen (secondary N) is 2. The van der Waals surface area contributed by atoms with Crippen molar-refractivity contribution in [2.75, 3.05) is 5.43 Å². The van der Waals surface area contributed by atoms with E-state index in [9.17, 15) is 0 Å². The van der Waals surface area contributed by atoms with Crippen molar-refractivity contribution in [3.63, 3.8) is 0 Å². The van der Waals surface area contributed by atoms with Gasteiger partial charge in [-0.05, 0) is 28.3 Å². The van der Waals surface area contributed by atoms with Gasteiger partial charge in [0.15, 0.2) is 0 Å². The first kappa shape index (κ1) is 8.96. The molecule has 0 unspecified atom stereocenters. The number of fused-ring (bicyclic) bond motifs is 5. The number of hydrogen-bond donors (Lipinski definition) is 2. The van der Waals surface area contributed by atoms with Crippen LogP contribution in [0, 0.1) is 0 Å². The number of hydrogen-bond acceptors (Lipinski definition) is 3. The largest absolute Gasteiger partial charge is 0.321 e. The summed E-state index contributed by atoms with van der Waals surface area (Å²) in [5.41, 5.74) is 8.86. The first-order chi connectivity index (χ1) is 8.43. The second-order valence-electron chi connectivity index (χ2n) is 4.33.